The summed E-state index contributed by atoms with van der Waals surface area (Å²) in [7, 11) is 0. The number of ether oxygens (including phenoxy) is 1. The van der Waals surface area contributed by atoms with E-state index in [0.717, 1.165) is 32.1 Å². The molecule has 0 atom stereocenters. The van der Waals surface area contributed by atoms with Crippen molar-refractivity contribution in [1.82, 2.24) is 4.90 Å². The number of hydrogen-bond acceptors (Lipinski definition) is 3. The monoisotopic (exact) mass is 203 g/mol. The third kappa shape index (κ3) is 4.34. The van der Waals surface area contributed by atoms with Gasteiger partial charge in [-0.2, -0.15) is 12.6 Å². The highest BCUT2D eigenvalue weighted by molar-refractivity contribution is 7.80. The van der Waals surface area contributed by atoms with Gasteiger partial charge in [-0.3, -0.25) is 0 Å². The summed E-state index contributed by atoms with van der Waals surface area (Å²) in [6.07, 6.45) is 1.17. The second-order valence-corrected chi connectivity index (χ2v) is 4.88. The third-order valence-corrected chi connectivity index (χ3v) is 3.25. The number of hydrogen-bond donors (Lipinski definition) is 1. The lowest BCUT2D eigenvalue weighted by atomic mass is 9.95. The number of thiol groups is 1. The Bertz CT molecular complexity index is 142. The molecule has 0 aliphatic carbocycles. The standard InChI is InChI=1S/C10H21NOS/c1-10(2,9-13)8-11-4-3-6-12-7-5-11/h13H,3-9H2,1-2H3. The van der Waals surface area contributed by atoms with E-state index in [1.54, 1.807) is 0 Å². The Morgan fingerprint density at radius 1 is 1.31 bits per heavy atom. The average molecular weight is 203 g/mol. The van der Waals surface area contributed by atoms with E-state index in [0.29, 0.717) is 5.41 Å². The molecular formula is C10H21NOS. The molecule has 1 saturated heterocycles. The first kappa shape index (κ1) is 11.3. The quantitative estimate of drug-likeness (QED) is 0.700. The lowest BCUT2D eigenvalue weighted by molar-refractivity contribution is 0.133. The summed E-state index contributed by atoms with van der Waals surface area (Å²) in [6.45, 7) is 9.76. The number of nitrogens with zero attached hydrogens (tertiary/aromatic N) is 1. The molecule has 0 aromatic rings. The molecule has 1 fully saturated rings. The fraction of sp³-hybridized carbons (Fsp3) is 1.00. The van der Waals surface area contributed by atoms with Gasteiger partial charge in [-0.15, -0.1) is 0 Å². The van der Waals surface area contributed by atoms with Gasteiger partial charge < -0.3 is 9.64 Å². The molecule has 0 unspecified atom stereocenters. The molecule has 0 spiro atoms. The second-order valence-electron chi connectivity index (χ2n) is 4.56. The third-order valence-electron chi connectivity index (χ3n) is 2.39. The van der Waals surface area contributed by atoms with Gasteiger partial charge in [-0.05, 0) is 17.6 Å². The number of rotatable bonds is 3. The topological polar surface area (TPSA) is 12.5 Å². The van der Waals surface area contributed by atoms with Crippen LogP contribution in [-0.4, -0.2) is 43.5 Å². The first-order chi connectivity index (χ1) is 6.14. The van der Waals surface area contributed by atoms with E-state index in [-0.39, 0.29) is 0 Å². The van der Waals surface area contributed by atoms with Crippen molar-refractivity contribution in [1.29, 1.82) is 0 Å². The minimum atomic E-state index is 0.327. The van der Waals surface area contributed by atoms with Gasteiger partial charge in [-0.1, -0.05) is 13.8 Å². The van der Waals surface area contributed by atoms with E-state index in [4.69, 9.17) is 4.74 Å². The maximum atomic E-state index is 5.41. The zero-order chi connectivity index (χ0) is 9.73. The van der Waals surface area contributed by atoms with Crippen LogP contribution in [0.25, 0.3) is 0 Å². The summed E-state index contributed by atoms with van der Waals surface area (Å²) in [6, 6.07) is 0. The summed E-state index contributed by atoms with van der Waals surface area (Å²) < 4.78 is 5.41. The van der Waals surface area contributed by atoms with Crippen LogP contribution < -0.4 is 0 Å². The summed E-state index contributed by atoms with van der Waals surface area (Å²) in [5.41, 5.74) is 0.327. The predicted molar refractivity (Wildman–Crippen MR) is 59.5 cm³/mol. The van der Waals surface area contributed by atoms with E-state index < -0.39 is 0 Å². The molecular weight excluding hydrogens is 182 g/mol. The van der Waals surface area contributed by atoms with E-state index in [2.05, 4.69) is 31.4 Å². The Morgan fingerprint density at radius 2 is 2.08 bits per heavy atom. The van der Waals surface area contributed by atoms with E-state index in [1.165, 1.54) is 13.0 Å². The first-order valence-electron chi connectivity index (χ1n) is 5.05. The molecule has 0 saturated carbocycles. The molecule has 78 valence electrons. The lowest BCUT2D eigenvalue weighted by Gasteiger charge is -2.30. The molecule has 1 aliphatic heterocycles. The van der Waals surface area contributed by atoms with Crippen LogP contribution in [0.5, 0.6) is 0 Å². The Morgan fingerprint density at radius 3 is 2.77 bits per heavy atom. The molecule has 13 heavy (non-hydrogen) atoms. The zero-order valence-electron chi connectivity index (χ0n) is 8.75. The second kappa shape index (κ2) is 5.23. The van der Waals surface area contributed by atoms with Gasteiger partial charge in [0.05, 0.1) is 6.61 Å². The predicted octanol–water partition coefficient (Wildman–Crippen LogP) is 1.66. The zero-order valence-corrected chi connectivity index (χ0v) is 9.65. The van der Waals surface area contributed by atoms with Gasteiger partial charge in [0.1, 0.15) is 0 Å². The van der Waals surface area contributed by atoms with Crippen molar-refractivity contribution in [3.8, 4) is 0 Å². The summed E-state index contributed by atoms with van der Waals surface area (Å²) in [5.74, 6) is 0.949. The molecule has 0 N–H and O–H groups in total. The fourth-order valence-corrected chi connectivity index (χ4v) is 1.71. The van der Waals surface area contributed by atoms with Crippen molar-refractivity contribution < 1.29 is 4.74 Å². The molecule has 0 amide bonds. The minimum Gasteiger partial charge on any atom is -0.380 e. The summed E-state index contributed by atoms with van der Waals surface area (Å²) in [4.78, 5) is 2.49. The van der Waals surface area contributed by atoms with Gasteiger partial charge in [0.15, 0.2) is 0 Å². The largest absolute Gasteiger partial charge is 0.380 e. The highest BCUT2D eigenvalue weighted by Gasteiger charge is 2.20. The highest BCUT2D eigenvalue weighted by Crippen LogP contribution is 2.19. The van der Waals surface area contributed by atoms with Gasteiger partial charge in [0, 0.05) is 26.2 Å². The van der Waals surface area contributed by atoms with Gasteiger partial charge >= 0.3 is 0 Å². The highest BCUT2D eigenvalue weighted by atomic mass is 32.1. The van der Waals surface area contributed by atoms with Crippen molar-refractivity contribution >= 4 is 12.6 Å². The molecule has 0 radical (unpaired) electrons. The van der Waals surface area contributed by atoms with Crippen LogP contribution in [0.4, 0.5) is 0 Å². The van der Waals surface area contributed by atoms with E-state index in [1.807, 2.05) is 0 Å². The van der Waals surface area contributed by atoms with Crippen LogP contribution in [0.3, 0.4) is 0 Å². The average Bonchev–Trinajstić information content (AvgIpc) is 2.32. The van der Waals surface area contributed by atoms with Crippen molar-refractivity contribution in [2.45, 2.75) is 20.3 Å². The molecule has 1 rings (SSSR count). The smallest absolute Gasteiger partial charge is 0.0593 e. The first-order valence-corrected chi connectivity index (χ1v) is 5.68. The molecule has 1 aliphatic rings. The Labute approximate surface area is 87.0 Å². The van der Waals surface area contributed by atoms with E-state index in [9.17, 15) is 0 Å². The van der Waals surface area contributed by atoms with Crippen LogP contribution >= 0.6 is 12.6 Å². The van der Waals surface area contributed by atoms with Crippen LogP contribution in [0.1, 0.15) is 20.3 Å². The van der Waals surface area contributed by atoms with Crippen LogP contribution in [0.15, 0.2) is 0 Å². The van der Waals surface area contributed by atoms with Crippen molar-refractivity contribution in [2.75, 3.05) is 38.6 Å². The Balaban J connectivity index is 2.33. The molecule has 1 heterocycles. The molecule has 0 aromatic heterocycles. The van der Waals surface area contributed by atoms with Crippen molar-refractivity contribution in [3.63, 3.8) is 0 Å². The summed E-state index contributed by atoms with van der Waals surface area (Å²) >= 11 is 4.37. The normalized spacial score (nSPS) is 21.5. The Hall–Kier alpha value is 0.270. The maximum absolute atomic E-state index is 5.41. The lowest BCUT2D eigenvalue weighted by Crippen LogP contribution is -2.36. The van der Waals surface area contributed by atoms with Crippen LogP contribution in [-0.2, 0) is 4.74 Å². The van der Waals surface area contributed by atoms with E-state index >= 15 is 0 Å². The minimum absolute atomic E-state index is 0.327. The molecule has 3 heteroatoms. The summed E-state index contributed by atoms with van der Waals surface area (Å²) in [5, 5.41) is 0. The Kier molecular flexibility index (Phi) is 4.56. The molecule has 0 bridgehead atoms. The van der Waals surface area contributed by atoms with Gasteiger partial charge in [0.25, 0.3) is 0 Å². The maximum Gasteiger partial charge on any atom is 0.0593 e. The SMILES string of the molecule is CC(C)(CS)CN1CCCOCC1. The van der Waals surface area contributed by atoms with Gasteiger partial charge in [0.2, 0.25) is 0 Å². The van der Waals surface area contributed by atoms with Gasteiger partial charge in [-0.25, -0.2) is 0 Å². The molecule has 2 nitrogen and oxygen atoms in total. The van der Waals surface area contributed by atoms with Crippen molar-refractivity contribution in [3.05, 3.63) is 0 Å². The van der Waals surface area contributed by atoms with Crippen LogP contribution in [0, 0.1) is 5.41 Å². The molecule has 0 aromatic carbocycles. The van der Waals surface area contributed by atoms with Crippen molar-refractivity contribution in [2.24, 2.45) is 5.41 Å². The fourth-order valence-electron chi connectivity index (χ4n) is 1.61. The van der Waals surface area contributed by atoms with Crippen LogP contribution in [0.2, 0.25) is 0 Å².